The van der Waals surface area contributed by atoms with Crippen molar-refractivity contribution in [2.75, 3.05) is 5.73 Å². The maximum absolute atomic E-state index is 6.08. The Morgan fingerprint density at radius 2 is 2.00 bits per heavy atom. The summed E-state index contributed by atoms with van der Waals surface area (Å²) >= 11 is 5.76. The highest BCUT2D eigenvalue weighted by Gasteiger charge is 2.37. The number of halogens is 1. The molecule has 5 heteroatoms. The second-order valence-corrected chi connectivity index (χ2v) is 11.0. The Labute approximate surface area is 109 Å². The van der Waals surface area contributed by atoms with Crippen LogP contribution in [0.15, 0.2) is 12.3 Å². The minimum Gasteiger partial charge on any atom is -0.412 e. The van der Waals surface area contributed by atoms with E-state index < -0.39 is 8.32 Å². The van der Waals surface area contributed by atoms with Crippen LogP contribution < -0.4 is 5.73 Å². The van der Waals surface area contributed by atoms with Gasteiger partial charge >= 0.3 is 0 Å². The van der Waals surface area contributed by atoms with E-state index in [9.17, 15) is 0 Å². The van der Waals surface area contributed by atoms with Crippen molar-refractivity contribution < 1.29 is 4.43 Å². The summed E-state index contributed by atoms with van der Waals surface area (Å²) in [4.78, 5) is 4.02. The summed E-state index contributed by atoms with van der Waals surface area (Å²) in [7, 11) is -1.74. The van der Waals surface area contributed by atoms with Gasteiger partial charge in [0.2, 0.25) is 0 Å². The topological polar surface area (TPSA) is 48.1 Å². The lowest BCUT2D eigenvalue weighted by atomic mass is 10.2. The quantitative estimate of drug-likeness (QED) is 0.672. The van der Waals surface area contributed by atoms with Gasteiger partial charge in [-0.05, 0) is 24.2 Å². The van der Waals surface area contributed by atoms with E-state index >= 15 is 0 Å². The zero-order valence-electron chi connectivity index (χ0n) is 11.2. The Bertz CT molecular complexity index is 402. The fourth-order valence-electron chi connectivity index (χ4n) is 1.07. The monoisotopic (exact) mass is 272 g/mol. The van der Waals surface area contributed by atoms with Gasteiger partial charge in [-0.25, -0.2) is 4.98 Å². The van der Waals surface area contributed by atoms with Gasteiger partial charge in [0.15, 0.2) is 8.32 Å². The molecule has 0 aliphatic heterocycles. The molecule has 3 nitrogen and oxygen atoms in total. The van der Waals surface area contributed by atoms with Crippen molar-refractivity contribution in [1.29, 1.82) is 0 Å². The first-order valence-corrected chi connectivity index (χ1v) is 8.96. The average Bonchev–Trinajstić information content (AvgIpc) is 2.14. The molecule has 0 saturated carbocycles. The standard InChI is InChI=1S/C12H21ClN2OSi/c1-12(2,3)17(4,5)16-8-9-7-15-11(13)6-10(9)14/h6-7H,8H2,1-5H3,(H2,14,15). The van der Waals surface area contributed by atoms with Crippen molar-refractivity contribution >= 4 is 25.6 Å². The Morgan fingerprint density at radius 1 is 1.41 bits per heavy atom. The summed E-state index contributed by atoms with van der Waals surface area (Å²) in [5, 5.41) is 0.611. The number of rotatable bonds is 3. The van der Waals surface area contributed by atoms with Crippen molar-refractivity contribution in [2.45, 2.75) is 45.5 Å². The maximum Gasteiger partial charge on any atom is 0.192 e. The molecule has 0 bridgehead atoms. The maximum atomic E-state index is 6.08. The largest absolute Gasteiger partial charge is 0.412 e. The Kier molecular flexibility index (Phi) is 4.22. The predicted octanol–water partition coefficient (Wildman–Crippen LogP) is 3.84. The summed E-state index contributed by atoms with van der Waals surface area (Å²) in [6.07, 6.45) is 1.69. The van der Waals surface area contributed by atoms with E-state index in [-0.39, 0.29) is 5.04 Å². The van der Waals surface area contributed by atoms with E-state index in [4.69, 9.17) is 21.8 Å². The van der Waals surface area contributed by atoms with Gasteiger partial charge in [0.25, 0.3) is 0 Å². The number of anilines is 1. The Balaban J connectivity index is 2.74. The number of aromatic nitrogens is 1. The van der Waals surface area contributed by atoms with Crippen LogP contribution in [0, 0.1) is 0 Å². The van der Waals surface area contributed by atoms with Crippen LogP contribution in [0.5, 0.6) is 0 Å². The lowest BCUT2D eigenvalue weighted by Crippen LogP contribution is -2.40. The molecule has 0 aliphatic carbocycles. The zero-order valence-corrected chi connectivity index (χ0v) is 12.9. The third-order valence-corrected chi connectivity index (χ3v) is 8.07. The summed E-state index contributed by atoms with van der Waals surface area (Å²) in [5.41, 5.74) is 7.42. The van der Waals surface area contributed by atoms with Crippen LogP contribution in [0.4, 0.5) is 5.69 Å². The molecule has 2 N–H and O–H groups in total. The van der Waals surface area contributed by atoms with Crippen molar-refractivity contribution in [1.82, 2.24) is 4.98 Å². The van der Waals surface area contributed by atoms with E-state index in [1.165, 1.54) is 0 Å². The number of pyridine rings is 1. The third-order valence-electron chi connectivity index (χ3n) is 3.38. The molecule has 0 unspecified atom stereocenters. The Hall–Kier alpha value is -0.583. The molecule has 0 atom stereocenters. The SMILES string of the molecule is CC(C)(C)[Si](C)(C)OCc1cnc(Cl)cc1N. The van der Waals surface area contributed by atoms with Crippen LogP contribution in [-0.2, 0) is 11.0 Å². The Morgan fingerprint density at radius 3 is 2.47 bits per heavy atom. The summed E-state index contributed by atoms with van der Waals surface area (Å²) < 4.78 is 6.08. The molecule has 0 spiro atoms. The van der Waals surface area contributed by atoms with Gasteiger partial charge < -0.3 is 10.2 Å². The van der Waals surface area contributed by atoms with Crippen LogP contribution in [0.2, 0.25) is 23.3 Å². The van der Waals surface area contributed by atoms with Crippen LogP contribution in [0.25, 0.3) is 0 Å². The fourth-order valence-corrected chi connectivity index (χ4v) is 2.18. The molecule has 1 heterocycles. The molecule has 0 saturated heterocycles. The number of nitrogen functional groups attached to an aromatic ring is 1. The second kappa shape index (κ2) is 4.96. The molecule has 1 aromatic heterocycles. The molecule has 0 radical (unpaired) electrons. The summed E-state index contributed by atoms with van der Waals surface area (Å²) in [5.74, 6) is 0. The van der Waals surface area contributed by atoms with Gasteiger partial charge in [0.05, 0.1) is 6.61 Å². The number of nitrogens with zero attached hydrogens (tertiary/aromatic N) is 1. The number of nitrogens with two attached hydrogens (primary N) is 1. The van der Waals surface area contributed by atoms with Gasteiger partial charge in [-0.1, -0.05) is 32.4 Å². The van der Waals surface area contributed by atoms with Gasteiger partial charge in [-0.15, -0.1) is 0 Å². The highest BCUT2D eigenvalue weighted by Crippen LogP contribution is 2.37. The lowest BCUT2D eigenvalue weighted by molar-refractivity contribution is 0.276. The molecule has 0 aliphatic rings. The van der Waals surface area contributed by atoms with Crippen molar-refractivity contribution in [3.8, 4) is 0 Å². The second-order valence-electron chi connectivity index (χ2n) is 5.75. The van der Waals surface area contributed by atoms with Crippen molar-refractivity contribution in [3.63, 3.8) is 0 Å². The first-order chi connectivity index (χ1) is 7.63. The van der Waals surface area contributed by atoms with E-state index in [2.05, 4.69) is 38.8 Å². The predicted molar refractivity (Wildman–Crippen MR) is 75.6 cm³/mol. The minimum absolute atomic E-state index is 0.196. The number of hydrogen-bond acceptors (Lipinski definition) is 3. The van der Waals surface area contributed by atoms with Crippen LogP contribution >= 0.6 is 11.6 Å². The average molecular weight is 273 g/mol. The van der Waals surface area contributed by atoms with Crippen molar-refractivity contribution in [3.05, 3.63) is 23.0 Å². The highest BCUT2D eigenvalue weighted by molar-refractivity contribution is 6.74. The summed E-state index contributed by atoms with van der Waals surface area (Å²) in [6, 6.07) is 1.66. The van der Waals surface area contributed by atoms with Gasteiger partial charge in [0, 0.05) is 17.4 Å². The third kappa shape index (κ3) is 3.69. The first kappa shape index (κ1) is 14.5. The smallest absolute Gasteiger partial charge is 0.192 e. The molecule has 0 aromatic carbocycles. The highest BCUT2D eigenvalue weighted by atomic mass is 35.5. The molecular weight excluding hydrogens is 252 g/mol. The fraction of sp³-hybridized carbons (Fsp3) is 0.583. The van der Waals surface area contributed by atoms with Gasteiger partial charge in [0.1, 0.15) is 5.15 Å². The van der Waals surface area contributed by atoms with E-state index in [0.29, 0.717) is 17.4 Å². The van der Waals surface area contributed by atoms with E-state index in [1.54, 1.807) is 12.3 Å². The van der Waals surface area contributed by atoms with Gasteiger partial charge in [-0.3, -0.25) is 0 Å². The van der Waals surface area contributed by atoms with Crippen molar-refractivity contribution in [2.24, 2.45) is 0 Å². The van der Waals surface area contributed by atoms with E-state index in [0.717, 1.165) is 5.56 Å². The molecule has 1 aromatic rings. The van der Waals surface area contributed by atoms with Gasteiger partial charge in [-0.2, -0.15) is 0 Å². The minimum atomic E-state index is -1.74. The first-order valence-electron chi connectivity index (χ1n) is 5.67. The molecule has 0 fully saturated rings. The number of hydrogen-bond donors (Lipinski definition) is 1. The molecular formula is C12H21ClN2OSi. The van der Waals surface area contributed by atoms with Crippen LogP contribution in [0.1, 0.15) is 26.3 Å². The van der Waals surface area contributed by atoms with Crippen LogP contribution in [0.3, 0.4) is 0 Å². The zero-order chi connectivity index (χ0) is 13.3. The normalized spacial score (nSPS) is 12.8. The van der Waals surface area contributed by atoms with Crippen LogP contribution in [-0.4, -0.2) is 13.3 Å². The lowest BCUT2D eigenvalue weighted by Gasteiger charge is -2.36. The molecule has 96 valence electrons. The molecule has 1 rings (SSSR count). The molecule has 0 amide bonds. The summed E-state index contributed by atoms with van der Waals surface area (Å²) in [6.45, 7) is 11.6. The molecule has 17 heavy (non-hydrogen) atoms. The van der Waals surface area contributed by atoms with E-state index in [1.807, 2.05) is 0 Å².